The molecule has 11 heteroatoms. The summed E-state index contributed by atoms with van der Waals surface area (Å²) in [5.41, 5.74) is 2.32. The minimum atomic E-state index is -4.52. The molecule has 0 fully saturated rings. The number of pyridine rings is 1. The Hall–Kier alpha value is -3.01. The van der Waals surface area contributed by atoms with E-state index < -0.39 is 25.3 Å². The largest absolute Gasteiger partial charge is 0.482 e. The molecule has 0 unspecified atom stereocenters. The molecular formula is C19H18ClF3N4O3. The molecule has 0 aliphatic carbocycles. The number of carbonyl (C=O) groups excluding carboxylic acids is 1. The number of rotatable bonds is 6. The molecule has 1 N–H and O–H groups in total. The van der Waals surface area contributed by atoms with Gasteiger partial charge in [0.1, 0.15) is 5.75 Å². The molecule has 160 valence electrons. The number of ether oxygens (including phenoxy) is 2. The fourth-order valence-corrected chi connectivity index (χ4v) is 3.03. The van der Waals surface area contributed by atoms with Gasteiger partial charge in [0.25, 0.3) is 5.91 Å². The van der Waals surface area contributed by atoms with Crippen molar-refractivity contribution in [2.45, 2.75) is 20.0 Å². The molecule has 0 aliphatic heterocycles. The van der Waals surface area contributed by atoms with E-state index in [1.54, 1.807) is 11.7 Å². The monoisotopic (exact) mass is 442 g/mol. The fourth-order valence-electron chi connectivity index (χ4n) is 2.86. The highest BCUT2D eigenvalue weighted by Crippen LogP contribution is 2.30. The number of carbonyl (C=O) groups is 1. The first-order valence-electron chi connectivity index (χ1n) is 8.76. The molecule has 2 heterocycles. The molecule has 0 bridgehead atoms. The number of nitrogens with one attached hydrogen (secondary N) is 1. The van der Waals surface area contributed by atoms with Crippen LogP contribution in [0.25, 0.3) is 11.0 Å². The second kappa shape index (κ2) is 8.39. The number of alkyl halides is 3. The van der Waals surface area contributed by atoms with E-state index in [1.807, 2.05) is 19.9 Å². The van der Waals surface area contributed by atoms with E-state index in [0.717, 1.165) is 11.3 Å². The second-order valence-corrected chi connectivity index (χ2v) is 7.03. The van der Waals surface area contributed by atoms with Crippen molar-refractivity contribution >= 4 is 34.2 Å². The highest BCUT2D eigenvalue weighted by atomic mass is 35.5. The Balaban J connectivity index is 1.73. The summed E-state index contributed by atoms with van der Waals surface area (Å²) >= 11 is 5.88. The molecule has 30 heavy (non-hydrogen) atoms. The lowest BCUT2D eigenvalue weighted by molar-refractivity contribution is -0.153. The van der Waals surface area contributed by atoms with Crippen molar-refractivity contribution < 1.29 is 27.4 Å². The summed E-state index contributed by atoms with van der Waals surface area (Å²) in [6.45, 7) is 1.81. The third-order valence-electron chi connectivity index (χ3n) is 4.03. The smallest absolute Gasteiger partial charge is 0.422 e. The Morgan fingerprint density at radius 1 is 1.23 bits per heavy atom. The van der Waals surface area contributed by atoms with Crippen LogP contribution in [-0.4, -0.2) is 40.1 Å². The summed E-state index contributed by atoms with van der Waals surface area (Å²) in [6, 6.07) is 5.76. The SMILES string of the molecule is Cc1cc(C)c2c(OCC(=O)Nc3cc(Cl)ccc3OCC(F)(F)F)nn(C)c2n1. The lowest BCUT2D eigenvalue weighted by Gasteiger charge is -2.14. The molecule has 2 aromatic heterocycles. The minimum Gasteiger partial charge on any atom is -0.482 e. The van der Waals surface area contributed by atoms with Crippen LogP contribution < -0.4 is 14.8 Å². The lowest BCUT2D eigenvalue weighted by Crippen LogP contribution is -2.22. The van der Waals surface area contributed by atoms with Crippen molar-refractivity contribution in [1.82, 2.24) is 14.8 Å². The van der Waals surface area contributed by atoms with Crippen LogP contribution in [0.3, 0.4) is 0 Å². The van der Waals surface area contributed by atoms with Gasteiger partial charge in [0.2, 0.25) is 5.88 Å². The van der Waals surface area contributed by atoms with Gasteiger partial charge < -0.3 is 14.8 Å². The molecule has 0 spiro atoms. The summed E-state index contributed by atoms with van der Waals surface area (Å²) in [7, 11) is 1.71. The number of hydrogen-bond acceptors (Lipinski definition) is 5. The van der Waals surface area contributed by atoms with Gasteiger partial charge in [0.15, 0.2) is 18.9 Å². The van der Waals surface area contributed by atoms with Crippen molar-refractivity contribution in [2.24, 2.45) is 7.05 Å². The van der Waals surface area contributed by atoms with Gasteiger partial charge in [0, 0.05) is 17.8 Å². The van der Waals surface area contributed by atoms with Crippen molar-refractivity contribution in [3.8, 4) is 11.6 Å². The van der Waals surface area contributed by atoms with E-state index in [0.29, 0.717) is 11.0 Å². The first-order valence-corrected chi connectivity index (χ1v) is 9.14. The Morgan fingerprint density at radius 3 is 2.67 bits per heavy atom. The first kappa shape index (κ1) is 21.7. The van der Waals surface area contributed by atoms with E-state index in [9.17, 15) is 18.0 Å². The maximum atomic E-state index is 12.4. The highest BCUT2D eigenvalue weighted by Gasteiger charge is 2.29. The maximum absolute atomic E-state index is 12.4. The van der Waals surface area contributed by atoms with Crippen LogP contribution in [0, 0.1) is 13.8 Å². The van der Waals surface area contributed by atoms with Gasteiger partial charge in [-0.3, -0.25) is 4.79 Å². The Kier molecular flexibility index (Phi) is 6.06. The van der Waals surface area contributed by atoms with Gasteiger partial charge in [-0.2, -0.15) is 13.2 Å². The molecule has 0 saturated heterocycles. The van der Waals surface area contributed by atoms with Crippen molar-refractivity contribution in [1.29, 1.82) is 0 Å². The number of amides is 1. The summed E-state index contributed by atoms with van der Waals surface area (Å²) in [5, 5.41) is 7.58. The predicted octanol–water partition coefficient (Wildman–Crippen LogP) is 4.20. The summed E-state index contributed by atoms with van der Waals surface area (Å²) in [6.07, 6.45) is -4.52. The molecule has 1 aromatic carbocycles. The zero-order valence-corrected chi connectivity index (χ0v) is 17.1. The number of nitrogens with zero attached hydrogens (tertiary/aromatic N) is 3. The predicted molar refractivity (Wildman–Crippen MR) is 105 cm³/mol. The molecule has 1 amide bonds. The fraction of sp³-hybridized carbons (Fsp3) is 0.316. The van der Waals surface area contributed by atoms with Gasteiger partial charge in [-0.25, -0.2) is 9.67 Å². The van der Waals surface area contributed by atoms with Gasteiger partial charge in [-0.15, -0.1) is 5.10 Å². The van der Waals surface area contributed by atoms with Crippen LogP contribution in [0.2, 0.25) is 5.02 Å². The minimum absolute atomic E-state index is 0.000277. The van der Waals surface area contributed by atoms with Crippen LogP contribution in [0.4, 0.5) is 18.9 Å². The van der Waals surface area contributed by atoms with E-state index in [-0.39, 0.29) is 22.3 Å². The number of aryl methyl sites for hydroxylation is 3. The van der Waals surface area contributed by atoms with Crippen LogP contribution in [0.1, 0.15) is 11.3 Å². The van der Waals surface area contributed by atoms with Crippen LogP contribution >= 0.6 is 11.6 Å². The number of aromatic nitrogens is 3. The summed E-state index contributed by atoms with van der Waals surface area (Å²) < 4.78 is 49.1. The number of halogens is 4. The molecule has 0 saturated carbocycles. The van der Waals surface area contributed by atoms with Crippen molar-refractivity contribution in [3.05, 3.63) is 40.5 Å². The highest BCUT2D eigenvalue weighted by molar-refractivity contribution is 6.31. The van der Waals surface area contributed by atoms with Gasteiger partial charge in [0.05, 0.1) is 11.1 Å². The standard InChI is InChI=1S/C19H18ClF3N4O3/c1-10-6-11(2)24-17-16(10)18(26-27(17)3)29-8-15(28)25-13-7-12(20)4-5-14(13)30-9-19(21,22)23/h4-7H,8-9H2,1-3H3,(H,25,28). The average molecular weight is 443 g/mol. The third-order valence-corrected chi connectivity index (χ3v) is 4.27. The zero-order chi connectivity index (χ0) is 22.1. The third kappa shape index (κ3) is 5.12. The second-order valence-electron chi connectivity index (χ2n) is 6.59. The normalized spacial score (nSPS) is 11.6. The molecule has 0 radical (unpaired) electrons. The molecular weight excluding hydrogens is 425 g/mol. The molecule has 0 atom stereocenters. The van der Waals surface area contributed by atoms with E-state index in [2.05, 4.69) is 15.4 Å². The van der Waals surface area contributed by atoms with Crippen LogP contribution in [-0.2, 0) is 11.8 Å². The quantitative estimate of drug-likeness (QED) is 0.619. The van der Waals surface area contributed by atoms with E-state index in [4.69, 9.17) is 21.1 Å². The Labute approximate surface area is 174 Å². The first-order chi connectivity index (χ1) is 14.0. The Morgan fingerprint density at radius 2 is 1.97 bits per heavy atom. The number of anilines is 1. The van der Waals surface area contributed by atoms with Crippen molar-refractivity contribution in [3.63, 3.8) is 0 Å². The van der Waals surface area contributed by atoms with Gasteiger partial charge >= 0.3 is 6.18 Å². The average Bonchev–Trinajstić information content (AvgIpc) is 2.94. The van der Waals surface area contributed by atoms with E-state index >= 15 is 0 Å². The van der Waals surface area contributed by atoms with Gasteiger partial charge in [-0.1, -0.05) is 11.6 Å². The zero-order valence-electron chi connectivity index (χ0n) is 16.3. The Bertz CT molecular complexity index is 1100. The number of hydrogen-bond donors (Lipinski definition) is 1. The molecule has 7 nitrogen and oxygen atoms in total. The summed E-state index contributed by atoms with van der Waals surface area (Å²) in [4.78, 5) is 16.7. The van der Waals surface area contributed by atoms with Crippen LogP contribution in [0.15, 0.2) is 24.3 Å². The lowest BCUT2D eigenvalue weighted by atomic mass is 10.2. The topological polar surface area (TPSA) is 78.3 Å². The summed E-state index contributed by atoms with van der Waals surface area (Å²) in [5.74, 6) is -0.554. The van der Waals surface area contributed by atoms with E-state index in [1.165, 1.54) is 18.2 Å². The number of fused-ring (bicyclic) bond motifs is 1. The van der Waals surface area contributed by atoms with Crippen molar-refractivity contribution in [2.75, 3.05) is 18.5 Å². The molecule has 0 aliphatic rings. The molecule has 3 rings (SSSR count). The maximum Gasteiger partial charge on any atom is 0.422 e. The number of benzene rings is 1. The van der Waals surface area contributed by atoms with Crippen LogP contribution in [0.5, 0.6) is 11.6 Å². The molecule has 3 aromatic rings. The van der Waals surface area contributed by atoms with Gasteiger partial charge in [-0.05, 0) is 43.7 Å².